The highest BCUT2D eigenvalue weighted by Crippen LogP contribution is 2.24. The van der Waals surface area contributed by atoms with E-state index in [1.807, 2.05) is 0 Å². The molecule has 1 fully saturated rings. The monoisotopic (exact) mass is 289 g/mol. The highest BCUT2D eigenvalue weighted by Gasteiger charge is 2.15. The lowest BCUT2D eigenvalue weighted by Gasteiger charge is -2.22. The second-order valence-electron chi connectivity index (χ2n) is 4.27. The van der Waals surface area contributed by atoms with Gasteiger partial charge in [0, 0.05) is 0 Å². The van der Waals surface area contributed by atoms with Crippen LogP contribution >= 0.6 is 15.9 Å². The van der Waals surface area contributed by atoms with E-state index in [0.29, 0.717) is 5.92 Å². The summed E-state index contributed by atoms with van der Waals surface area (Å²) < 4.78 is 26.5. The normalized spacial score (nSPS) is 17.7. The number of halogens is 3. The lowest BCUT2D eigenvalue weighted by atomic mass is 9.91. The summed E-state index contributed by atoms with van der Waals surface area (Å²) in [6.07, 6.45) is 3.05. The summed E-state index contributed by atoms with van der Waals surface area (Å²) in [5.74, 6) is -0.981. The van der Waals surface area contributed by atoms with Crippen molar-refractivity contribution in [3.63, 3.8) is 0 Å². The molecule has 88 valence electrons. The third-order valence-corrected chi connectivity index (χ3v) is 3.60. The van der Waals surface area contributed by atoms with Crippen molar-refractivity contribution in [3.05, 3.63) is 33.8 Å². The van der Waals surface area contributed by atoms with Crippen LogP contribution in [-0.2, 0) is 6.42 Å². The van der Waals surface area contributed by atoms with Gasteiger partial charge in [0.2, 0.25) is 0 Å². The van der Waals surface area contributed by atoms with Crippen molar-refractivity contribution < 1.29 is 8.78 Å². The number of hydrogen-bond acceptors (Lipinski definition) is 1. The zero-order valence-electron chi connectivity index (χ0n) is 8.90. The summed E-state index contributed by atoms with van der Waals surface area (Å²) >= 11 is 3.03. The average Bonchev–Trinajstić information content (AvgIpc) is 2.27. The van der Waals surface area contributed by atoms with Gasteiger partial charge in [0.15, 0.2) is 11.6 Å². The van der Waals surface area contributed by atoms with Crippen molar-refractivity contribution in [2.45, 2.75) is 19.3 Å². The third-order valence-electron chi connectivity index (χ3n) is 3.03. The SMILES string of the molecule is Fc1cc(CC2CCNCC2)cc(Br)c1F. The molecule has 1 aromatic carbocycles. The van der Waals surface area contributed by atoms with Crippen LogP contribution in [0.5, 0.6) is 0 Å². The van der Waals surface area contributed by atoms with Crippen molar-refractivity contribution in [2.24, 2.45) is 5.92 Å². The average molecular weight is 290 g/mol. The van der Waals surface area contributed by atoms with Crippen LogP contribution < -0.4 is 5.32 Å². The van der Waals surface area contributed by atoms with Gasteiger partial charge in [-0.3, -0.25) is 0 Å². The number of rotatable bonds is 2. The standard InChI is InChI=1S/C12H14BrF2N/c13-10-6-9(7-11(14)12(10)15)5-8-1-3-16-4-2-8/h6-8,16H,1-5H2. The Kier molecular flexibility index (Phi) is 3.92. The molecular weight excluding hydrogens is 276 g/mol. The number of piperidine rings is 1. The summed E-state index contributed by atoms with van der Waals surface area (Å²) in [5.41, 5.74) is 0.873. The molecule has 0 aromatic heterocycles. The van der Waals surface area contributed by atoms with Crippen LogP contribution in [0.25, 0.3) is 0 Å². The third kappa shape index (κ3) is 2.80. The lowest BCUT2D eigenvalue weighted by molar-refractivity contribution is 0.371. The highest BCUT2D eigenvalue weighted by atomic mass is 79.9. The first-order chi connectivity index (χ1) is 7.66. The van der Waals surface area contributed by atoms with Crippen molar-refractivity contribution in [1.82, 2.24) is 5.32 Å². The fourth-order valence-corrected chi connectivity index (χ4v) is 2.63. The van der Waals surface area contributed by atoms with Crippen molar-refractivity contribution in [2.75, 3.05) is 13.1 Å². The summed E-state index contributed by atoms with van der Waals surface area (Å²) in [6, 6.07) is 2.99. The van der Waals surface area contributed by atoms with Crippen molar-refractivity contribution in [3.8, 4) is 0 Å². The van der Waals surface area contributed by atoms with Gasteiger partial charge in [0.25, 0.3) is 0 Å². The molecular formula is C12H14BrF2N. The van der Waals surface area contributed by atoms with Crippen LogP contribution in [0.3, 0.4) is 0 Å². The summed E-state index contributed by atoms with van der Waals surface area (Å²) in [6.45, 7) is 2.05. The molecule has 4 heteroatoms. The van der Waals surface area contributed by atoms with Gasteiger partial charge in [-0.05, 0) is 71.9 Å². The van der Waals surface area contributed by atoms with E-state index >= 15 is 0 Å². The second kappa shape index (κ2) is 5.23. The minimum atomic E-state index is -0.797. The Morgan fingerprint density at radius 1 is 1.25 bits per heavy atom. The molecule has 1 aliphatic heterocycles. The summed E-state index contributed by atoms with van der Waals surface area (Å²) in [7, 11) is 0. The molecule has 0 atom stereocenters. The summed E-state index contributed by atoms with van der Waals surface area (Å²) in [4.78, 5) is 0. The zero-order chi connectivity index (χ0) is 11.5. The maximum atomic E-state index is 13.2. The maximum absolute atomic E-state index is 13.2. The van der Waals surface area contributed by atoms with Crippen LogP contribution in [0, 0.1) is 17.6 Å². The molecule has 1 N–H and O–H groups in total. The molecule has 16 heavy (non-hydrogen) atoms. The molecule has 1 heterocycles. The molecule has 1 nitrogen and oxygen atoms in total. The Morgan fingerprint density at radius 2 is 1.94 bits per heavy atom. The number of nitrogens with one attached hydrogen (secondary N) is 1. The molecule has 0 aliphatic carbocycles. The van der Waals surface area contributed by atoms with Crippen LogP contribution in [0.1, 0.15) is 18.4 Å². The maximum Gasteiger partial charge on any atom is 0.172 e. The lowest BCUT2D eigenvalue weighted by Crippen LogP contribution is -2.28. The number of benzene rings is 1. The summed E-state index contributed by atoms with van der Waals surface area (Å²) in [5, 5.41) is 3.29. The van der Waals surface area contributed by atoms with Gasteiger partial charge in [-0.15, -0.1) is 0 Å². The van der Waals surface area contributed by atoms with E-state index in [9.17, 15) is 8.78 Å². The molecule has 0 amide bonds. The number of hydrogen-bond donors (Lipinski definition) is 1. The largest absolute Gasteiger partial charge is 0.317 e. The molecule has 0 radical (unpaired) electrons. The Balaban J connectivity index is 2.09. The Bertz CT molecular complexity index is 352. The smallest absolute Gasteiger partial charge is 0.172 e. The van der Waals surface area contributed by atoms with Gasteiger partial charge < -0.3 is 5.32 Å². The molecule has 0 spiro atoms. The van der Waals surface area contributed by atoms with E-state index in [4.69, 9.17) is 0 Å². The van der Waals surface area contributed by atoms with E-state index in [-0.39, 0.29) is 4.47 Å². The van der Waals surface area contributed by atoms with E-state index in [2.05, 4.69) is 21.2 Å². The first-order valence-corrected chi connectivity index (χ1v) is 6.30. The first kappa shape index (κ1) is 12.0. The predicted molar refractivity (Wildman–Crippen MR) is 63.4 cm³/mol. The molecule has 1 aromatic rings. The van der Waals surface area contributed by atoms with E-state index in [1.54, 1.807) is 6.07 Å². The Hall–Kier alpha value is -0.480. The van der Waals surface area contributed by atoms with E-state index in [1.165, 1.54) is 6.07 Å². The van der Waals surface area contributed by atoms with Crippen LogP contribution in [0.15, 0.2) is 16.6 Å². The van der Waals surface area contributed by atoms with Crippen LogP contribution in [-0.4, -0.2) is 13.1 Å². The fraction of sp³-hybridized carbons (Fsp3) is 0.500. The fourth-order valence-electron chi connectivity index (χ4n) is 2.15. The van der Waals surface area contributed by atoms with Crippen molar-refractivity contribution in [1.29, 1.82) is 0 Å². The molecule has 1 saturated heterocycles. The minimum Gasteiger partial charge on any atom is -0.317 e. The van der Waals surface area contributed by atoms with Crippen molar-refractivity contribution >= 4 is 15.9 Å². The molecule has 2 rings (SSSR count). The van der Waals surface area contributed by atoms with Crippen LogP contribution in [0.4, 0.5) is 8.78 Å². The minimum absolute atomic E-state index is 0.219. The van der Waals surface area contributed by atoms with Gasteiger partial charge in [-0.1, -0.05) is 0 Å². The Labute approximate surface area is 102 Å². The van der Waals surface area contributed by atoms with Gasteiger partial charge >= 0.3 is 0 Å². The topological polar surface area (TPSA) is 12.0 Å². The Morgan fingerprint density at radius 3 is 2.56 bits per heavy atom. The molecule has 1 aliphatic rings. The molecule has 0 bridgehead atoms. The van der Waals surface area contributed by atoms with Gasteiger partial charge in [0.05, 0.1) is 4.47 Å². The van der Waals surface area contributed by atoms with Gasteiger partial charge in [-0.25, -0.2) is 8.78 Å². The predicted octanol–water partition coefficient (Wildman–Crippen LogP) is 3.27. The second-order valence-corrected chi connectivity index (χ2v) is 5.13. The first-order valence-electron chi connectivity index (χ1n) is 5.51. The highest BCUT2D eigenvalue weighted by molar-refractivity contribution is 9.10. The van der Waals surface area contributed by atoms with Gasteiger partial charge in [-0.2, -0.15) is 0 Å². The zero-order valence-corrected chi connectivity index (χ0v) is 10.5. The van der Waals surface area contributed by atoms with E-state index in [0.717, 1.165) is 37.9 Å². The molecule has 0 unspecified atom stereocenters. The van der Waals surface area contributed by atoms with Crippen LogP contribution in [0.2, 0.25) is 0 Å². The molecule has 0 saturated carbocycles. The van der Waals surface area contributed by atoms with E-state index < -0.39 is 11.6 Å². The van der Waals surface area contributed by atoms with Gasteiger partial charge in [0.1, 0.15) is 0 Å². The quantitative estimate of drug-likeness (QED) is 0.824.